The van der Waals surface area contributed by atoms with E-state index < -0.39 is 30.3 Å². The second-order valence-electron chi connectivity index (χ2n) is 6.59. The van der Waals surface area contributed by atoms with E-state index in [1.54, 1.807) is 42.5 Å². The second-order valence-corrected chi connectivity index (χ2v) is 6.59. The van der Waals surface area contributed by atoms with Crippen LogP contribution < -0.4 is 10.6 Å². The van der Waals surface area contributed by atoms with E-state index in [4.69, 9.17) is 14.2 Å². The van der Waals surface area contributed by atoms with Crippen molar-refractivity contribution in [2.45, 2.75) is 25.4 Å². The van der Waals surface area contributed by atoms with Crippen LogP contribution in [0.15, 0.2) is 72.8 Å². The number of amides is 2. The number of nitrogens with one attached hydrogen (secondary N) is 2. The van der Waals surface area contributed by atoms with Crippen molar-refractivity contribution in [3.8, 4) is 0 Å². The molecule has 2 amide bonds. The Hall–Kier alpha value is -4.34. The molecule has 10 nitrogen and oxygen atoms in total. The maximum absolute atomic E-state index is 12.0. The van der Waals surface area contributed by atoms with Crippen LogP contribution in [0.5, 0.6) is 0 Å². The molecule has 2 rings (SSSR count). The number of carbonyl (C=O) groups is 4. The zero-order valence-electron chi connectivity index (χ0n) is 17.6. The van der Waals surface area contributed by atoms with Gasteiger partial charge in [-0.2, -0.15) is 0 Å². The predicted octanol–water partition coefficient (Wildman–Crippen LogP) is 2.39. The lowest BCUT2D eigenvalue weighted by molar-refractivity contribution is -0.145. The maximum Gasteiger partial charge on any atom is 0.408 e. The van der Waals surface area contributed by atoms with Crippen molar-refractivity contribution >= 4 is 24.6 Å². The number of hydrogen-bond acceptors (Lipinski definition) is 7. The molecule has 0 aromatic heterocycles. The van der Waals surface area contributed by atoms with Crippen LogP contribution in [0.1, 0.15) is 11.1 Å². The first-order chi connectivity index (χ1) is 16.0. The zero-order valence-corrected chi connectivity index (χ0v) is 17.6. The van der Waals surface area contributed by atoms with Crippen LogP contribution in [0.4, 0.5) is 9.59 Å². The highest BCUT2D eigenvalue weighted by Crippen LogP contribution is 2.05. The molecule has 3 N–H and O–H groups in total. The highest BCUT2D eigenvalue weighted by atomic mass is 16.6. The third-order valence-corrected chi connectivity index (χ3v) is 4.20. The SMILES string of the molecule is O=CO[C@H](/C=C/CNC(=O)OCc1ccccc1)[C@H](NC(=O)OCc1ccccc1)C(=O)O. The third kappa shape index (κ3) is 9.55. The summed E-state index contributed by atoms with van der Waals surface area (Å²) in [6.07, 6.45) is -0.436. The molecule has 2 aromatic rings. The van der Waals surface area contributed by atoms with Crippen LogP contribution in [0.2, 0.25) is 0 Å². The molecular weight excluding hydrogens is 432 g/mol. The van der Waals surface area contributed by atoms with Crippen molar-refractivity contribution in [3.05, 3.63) is 83.9 Å². The summed E-state index contributed by atoms with van der Waals surface area (Å²) in [7, 11) is 0. The van der Waals surface area contributed by atoms with Gasteiger partial charge in [-0.1, -0.05) is 66.7 Å². The van der Waals surface area contributed by atoms with Gasteiger partial charge in [-0.3, -0.25) is 4.79 Å². The summed E-state index contributed by atoms with van der Waals surface area (Å²) in [5.41, 5.74) is 1.53. The number of benzene rings is 2. The molecule has 0 saturated heterocycles. The summed E-state index contributed by atoms with van der Waals surface area (Å²) in [5, 5.41) is 14.0. The molecule has 0 bridgehead atoms. The van der Waals surface area contributed by atoms with E-state index >= 15 is 0 Å². The van der Waals surface area contributed by atoms with Gasteiger partial charge in [0.1, 0.15) is 13.2 Å². The highest BCUT2D eigenvalue weighted by molar-refractivity contribution is 5.81. The van der Waals surface area contributed by atoms with Crippen LogP contribution in [0, 0.1) is 0 Å². The van der Waals surface area contributed by atoms with Gasteiger partial charge in [-0.05, 0) is 17.2 Å². The van der Waals surface area contributed by atoms with E-state index in [0.717, 1.165) is 5.56 Å². The van der Waals surface area contributed by atoms with Gasteiger partial charge in [0.05, 0.1) is 0 Å². The Balaban J connectivity index is 1.83. The first kappa shape index (κ1) is 24.9. The van der Waals surface area contributed by atoms with Gasteiger partial charge in [0.25, 0.3) is 6.47 Å². The highest BCUT2D eigenvalue weighted by Gasteiger charge is 2.30. The lowest BCUT2D eigenvalue weighted by Crippen LogP contribution is -2.49. The Morgan fingerprint density at radius 3 is 1.94 bits per heavy atom. The van der Waals surface area contributed by atoms with Gasteiger partial charge in [0.15, 0.2) is 12.1 Å². The van der Waals surface area contributed by atoms with Crippen LogP contribution in [0.25, 0.3) is 0 Å². The molecule has 0 radical (unpaired) electrons. The zero-order chi connectivity index (χ0) is 23.9. The van der Waals surface area contributed by atoms with Crippen molar-refractivity contribution in [2.24, 2.45) is 0 Å². The monoisotopic (exact) mass is 456 g/mol. The lowest BCUT2D eigenvalue weighted by Gasteiger charge is -2.20. The predicted molar refractivity (Wildman–Crippen MR) is 116 cm³/mol. The molecular formula is C23H24N2O8. The summed E-state index contributed by atoms with van der Waals surface area (Å²) in [4.78, 5) is 46.2. The molecule has 174 valence electrons. The van der Waals surface area contributed by atoms with Crippen molar-refractivity contribution in [1.29, 1.82) is 0 Å². The smallest absolute Gasteiger partial charge is 0.408 e. The quantitative estimate of drug-likeness (QED) is 0.251. The number of hydrogen-bond donors (Lipinski definition) is 3. The first-order valence-corrected chi connectivity index (χ1v) is 9.90. The van der Waals surface area contributed by atoms with Crippen molar-refractivity contribution < 1.29 is 38.5 Å². The molecule has 0 heterocycles. The van der Waals surface area contributed by atoms with Crippen molar-refractivity contribution in [2.75, 3.05) is 6.54 Å². The largest absolute Gasteiger partial charge is 0.480 e. The van der Waals surface area contributed by atoms with Gasteiger partial charge in [0, 0.05) is 6.54 Å². The molecule has 10 heteroatoms. The van der Waals surface area contributed by atoms with Crippen molar-refractivity contribution in [1.82, 2.24) is 10.6 Å². The normalized spacial score (nSPS) is 12.2. The number of alkyl carbamates (subject to hydrolysis) is 2. The molecule has 2 atom stereocenters. The Bertz CT molecular complexity index is 934. The van der Waals surface area contributed by atoms with Crippen LogP contribution in [-0.2, 0) is 37.0 Å². The first-order valence-electron chi connectivity index (χ1n) is 9.90. The molecule has 0 aliphatic carbocycles. The van der Waals surface area contributed by atoms with E-state index in [0.29, 0.717) is 5.56 Å². The summed E-state index contributed by atoms with van der Waals surface area (Å²) < 4.78 is 14.8. The molecule has 0 saturated carbocycles. The maximum atomic E-state index is 12.0. The summed E-state index contributed by atoms with van der Waals surface area (Å²) >= 11 is 0. The molecule has 0 aliphatic heterocycles. The fourth-order valence-electron chi connectivity index (χ4n) is 2.59. The van der Waals surface area contributed by atoms with Gasteiger partial charge < -0.3 is 30.0 Å². The average molecular weight is 456 g/mol. The van der Waals surface area contributed by atoms with E-state index in [-0.39, 0.29) is 26.2 Å². The molecule has 2 aromatic carbocycles. The van der Waals surface area contributed by atoms with Gasteiger partial charge >= 0.3 is 18.2 Å². The average Bonchev–Trinajstić information content (AvgIpc) is 2.83. The fraction of sp³-hybridized carbons (Fsp3) is 0.217. The molecule has 0 spiro atoms. The Morgan fingerprint density at radius 1 is 0.879 bits per heavy atom. The van der Waals surface area contributed by atoms with Gasteiger partial charge in [-0.25, -0.2) is 14.4 Å². The van der Waals surface area contributed by atoms with E-state index in [2.05, 4.69) is 10.6 Å². The number of rotatable bonds is 12. The van der Waals surface area contributed by atoms with Crippen LogP contribution >= 0.6 is 0 Å². The number of carboxylic acids is 1. The van der Waals surface area contributed by atoms with E-state index in [9.17, 15) is 24.3 Å². The van der Waals surface area contributed by atoms with Gasteiger partial charge in [-0.15, -0.1) is 0 Å². The number of aliphatic carboxylic acids is 1. The molecule has 0 aliphatic rings. The molecule has 0 fully saturated rings. The number of ether oxygens (including phenoxy) is 3. The van der Waals surface area contributed by atoms with E-state index in [1.165, 1.54) is 12.2 Å². The summed E-state index contributed by atoms with van der Waals surface area (Å²) in [6, 6.07) is 16.3. The van der Waals surface area contributed by atoms with E-state index in [1.807, 2.05) is 18.2 Å². The minimum Gasteiger partial charge on any atom is -0.480 e. The summed E-state index contributed by atoms with van der Waals surface area (Å²) in [5.74, 6) is -1.45. The van der Waals surface area contributed by atoms with Gasteiger partial charge in [0.2, 0.25) is 0 Å². The standard InChI is InChI=1S/C23H24N2O8/c26-16-33-19(12-7-13-24-22(29)31-14-17-8-3-1-4-9-17)20(21(27)28)25-23(30)32-15-18-10-5-2-6-11-18/h1-12,16,19-20H,13-15H2,(H,24,29)(H,25,30)(H,27,28)/b12-7+/t19-,20+/m1/s1. The minimum atomic E-state index is -1.61. The number of carboxylic acid groups (broad SMARTS) is 1. The van der Waals surface area contributed by atoms with Crippen LogP contribution in [0.3, 0.4) is 0 Å². The third-order valence-electron chi connectivity index (χ3n) is 4.20. The Morgan fingerprint density at radius 2 is 1.42 bits per heavy atom. The molecule has 0 unspecified atom stereocenters. The summed E-state index contributed by atoms with van der Waals surface area (Å²) in [6.45, 7) is 0.0487. The molecule has 33 heavy (non-hydrogen) atoms. The lowest BCUT2D eigenvalue weighted by atomic mass is 10.1. The van der Waals surface area contributed by atoms with Crippen LogP contribution in [-0.4, -0.2) is 48.4 Å². The van der Waals surface area contributed by atoms with Crippen molar-refractivity contribution in [3.63, 3.8) is 0 Å². The Kier molecular flexibility index (Phi) is 10.5. The topological polar surface area (TPSA) is 140 Å². The second kappa shape index (κ2) is 13.9. The Labute approximate surface area is 190 Å². The fourth-order valence-corrected chi connectivity index (χ4v) is 2.59. The number of carbonyl (C=O) groups excluding carboxylic acids is 3. The minimum absolute atomic E-state index is 0.0306.